The first kappa shape index (κ1) is 17.5. The van der Waals surface area contributed by atoms with Crippen molar-refractivity contribution in [2.24, 2.45) is 5.10 Å². The molecule has 3 rings (SSSR count). The summed E-state index contributed by atoms with van der Waals surface area (Å²) in [7, 11) is 1.49. The molecule has 0 unspecified atom stereocenters. The fourth-order valence-corrected chi connectivity index (χ4v) is 3.25. The van der Waals surface area contributed by atoms with Crippen LogP contribution in [0.3, 0.4) is 0 Å². The maximum atomic E-state index is 9.58. The van der Waals surface area contributed by atoms with Gasteiger partial charge in [-0.15, -0.1) is 11.3 Å². The smallest absolute Gasteiger partial charge is 0.203 e. The lowest BCUT2D eigenvalue weighted by Gasteiger charge is -2.03. The summed E-state index contributed by atoms with van der Waals surface area (Å²) in [4.78, 5) is 4.45. The van der Waals surface area contributed by atoms with Gasteiger partial charge in [-0.05, 0) is 42.0 Å². The summed E-state index contributed by atoms with van der Waals surface area (Å²) < 4.78 is 5.06. The molecule has 0 aliphatic carbocycles. The summed E-state index contributed by atoms with van der Waals surface area (Å²) in [5.74, 6) is 0.467. The molecule has 0 amide bonds. The summed E-state index contributed by atoms with van der Waals surface area (Å²) in [6.07, 6.45) is 1.61. The number of hydrogen-bond acceptors (Lipinski definition) is 6. The number of anilines is 1. The number of phenols is 1. The molecule has 0 fully saturated rings. The number of benzene rings is 2. The lowest BCUT2D eigenvalue weighted by atomic mass is 10.2. The predicted octanol–water partition coefficient (Wildman–Crippen LogP) is 5.28. The van der Waals surface area contributed by atoms with E-state index in [1.807, 2.05) is 11.4 Å². The van der Waals surface area contributed by atoms with Crippen LogP contribution in [0.4, 0.5) is 5.13 Å². The second kappa shape index (κ2) is 7.74. The van der Waals surface area contributed by atoms with Gasteiger partial charge in [-0.3, -0.25) is 5.43 Å². The second-order valence-corrected chi connectivity index (χ2v) is 6.67. The van der Waals surface area contributed by atoms with Crippen LogP contribution < -0.4 is 10.2 Å². The summed E-state index contributed by atoms with van der Waals surface area (Å²) in [5.41, 5.74) is 5.20. The number of hydrazone groups is 1. The average Bonchev–Trinajstić information content (AvgIpc) is 3.05. The van der Waals surface area contributed by atoms with Crippen LogP contribution in [0.15, 0.2) is 46.9 Å². The second-order valence-electron chi connectivity index (χ2n) is 4.96. The van der Waals surface area contributed by atoms with Crippen LogP contribution in [-0.4, -0.2) is 23.4 Å². The van der Waals surface area contributed by atoms with Gasteiger partial charge in [-0.2, -0.15) is 5.10 Å². The van der Waals surface area contributed by atoms with Gasteiger partial charge in [0, 0.05) is 16.0 Å². The standard InChI is InChI=1S/C17H13Cl2N3O2S/c1-24-16-6-10(2-5-15(16)23)8-20-22-17-21-14(9-25-17)12-4-3-11(18)7-13(12)19/h2-9,23H,1H3,(H,21,22)/b20-8+. The average molecular weight is 394 g/mol. The van der Waals surface area contributed by atoms with Crippen LogP contribution in [0.2, 0.25) is 10.0 Å². The third kappa shape index (κ3) is 4.22. The molecule has 1 aromatic heterocycles. The lowest BCUT2D eigenvalue weighted by Crippen LogP contribution is -1.91. The van der Waals surface area contributed by atoms with Crippen LogP contribution in [0.1, 0.15) is 5.56 Å². The van der Waals surface area contributed by atoms with Gasteiger partial charge in [0.2, 0.25) is 5.13 Å². The molecular formula is C17H13Cl2N3O2S. The third-order valence-electron chi connectivity index (χ3n) is 3.29. The molecule has 2 N–H and O–H groups in total. The topological polar surface area (TPSA) is 66.7 Å². The summed E-state index contributed by atoms with van der Waals surface area (Å²) in [5, 5.41) is 17.4. The summed E-state index contributed by atoms with van der Waals surface area (Å²) in [6.45, 7) is 0. The SMILES string of the molecule is COc1cc(/C=N/Nc2nc(-c3ccc(Cl)cc3Cl)cs2)ccc1O. The van der Waals surface area contributed by atoms with E-state index >= 15 is 0 Å². The zero-order valence-electron chi connectivity index (χ0n) is 13.0. The van der Waals surface area contributed by atoms with Crippen LogP contribution >= 0.6 is 34.5 Å². The van der Waals surface area contributed by atoms with Crippen molar-refractivity contribution < 1.29 is 9.84 Å². The normalized spacial score (nSPS) is 11.0. The van der Waals surface area contributed by atoms with E-state index in [1.165, 1.54) is 18.4 Å². The highest BCUT2D eigenvalue weighted by molar-refractivity contribution is 7.14. The van der Waals surface area contributed by atoms with E-state index in [0.29, 0.717) is 20.9 Å². The zero-order chi connectivity index (χ0) is 17.8. The molecular weight excluding hydrogens is 381 g/mol. The lowest BCUT2D eigenvalue weighted by molar-refractivity contribution is 0.373. The Morgan fingerprint density at radius 3 is 2.84 bits per heavy atom. The highest BCUT2D eigenvalue weighted by Gasteiger charge is 2.08. The maximum absolute atomic E-state index is 9.58. The van der Waals surface area contributed by atoms with E-state index in [4.69, 9.17) is 27.9 Å². The van der Waals surface area contributed by atoms with Gasteiger partial charge >= 0.3 is 0 Å². The number of halogens is 2. The van der Waals surface area contributed by atoms with E-state index in [1.54, 1.807) is 36.5 Å². The van der Waals surface area contributed by atoms with E-state index in [2.05, 4.69) is 15.5 Å². The molecule has 1 heterocycles. The Labute approximate surface area is 158 Å². The van der Waals surface area contributed by atoms with Gasteiger partial charge in [-0.25, -0.2) is 4.98 Å². The van der Waals surface area contributed by atoms with E-state index in [0.717, 1.165) is 16.8 Å². The number of rotatable bonds is 5. The third-order valence-corrected chi connectivity index (χ3v) is 4.58. The fourth-order valence-electron chi connectivity index (χ4n) is 2.08. The number of aromatic nitrogens is 1. The molecule has 3 aromatic rings. The molecule has 0 saturated carbocycles. The Morgan fingerprint density at radius 2 is 2.08 bits per heavy atom. The van der Waals surface area contributed by atoms with E-state index in [9.17, 15) is 5.11 Å². The fraction of sp³-hybridized carbons (Fsp3) is 0.0588. The van der Waals surface area contributed by atoms with E-state index < -0.39 is 0 Å². The zero-order valence-corrected chi connectivity index (χ0v) is 15.4. The number of hydrogen-bond donors (Lipinski definition) is 2. The highest BCUT2D eigenvalue weighted by atomic mass is 35.5. The number of nitrogens with zero attached hydrogens (tertiary/aromatic N) is 2. The molecule has 25 heavy (non-hydrogen) atoms. The molecule has 0 aliphatic heterocycles. The molecule has 0 aliphatic rings. The van der Waals surface area contributed by atoms with Crippen molar-refractivity contribution in [3.8, 4) is 22.8 Å². The Balaban J connectivity index is 1.71. The largest absolute Gasteiger partial charge is 0.504 e. The monoisotopic (exact) mass is 393 g/mol. The Hall–Kier alpha value is -2.28. The number of ether oxygens (including phenoxy) is 1. The number of methoxy groups -OCH3 is 1. The van der Waals surface area contributed by atoms with Crippen LogP contribution in [0.25, 0.3) is 11.3 Å². The summed E-state index contributed by atoms with van der Waals surface area (Å²) >= 11 is 13.5. The van der Waals surface area contributed by atoms with Crippen molar-refractivity contribution in [3.05, 3.63) is 57.4 Å². The number of aromatic hydroxyl groups is 1. The van der Waals surface area contributed by atoms with Gasteiger partial charge < -0.3 is 9.84 Å². The van der Waals surface area contributed by atoms with Crippen molar-refractivity contribution in [1.29, 1.82) is 0 Å². The molecule has 0 spiro atoms. The Morgan fingerprint density at radius 1 is 1.24 bits per heavy atom. The minimum atomic E-state index is 0.0806. The number of phenolic OH excluding ortho intramolecular Hbond substituents is 1. The summed E-state index contributed by atoms with van der Waals surface area (Å²) in [6, 6.07) is 10.2. The van der Waals surface area contributed by atoms with Crippen LogP contribution in [0, 0.1) is 0 Å². The van der Waals surface area contributed by atoms with Gasteiger partial charge in [0.1, 0.15) is 0 Å². The van der Waals surface area contributed by atoms with Crippen molar-refractivity contribution in [1.82, 2.24) is 4.98 Å². The molecule has 0 radical (unpaired) electrons. The van der Waals surface area contributed by atoms with Gasteiger partial charge in [0.05, 0.1) is 24.0 Å². The minimum absolute atomic E-state index is 0.0806. The highest BCUT2D eigenvalue weighted by Crippen LogP contribution is 2.32. The van der Waals surface area contributed by atoms with Crippen molar-refractivity contribution in [3.63, 3.8) is 0 Å². The molecule has 128 valence electrons. The Bertz CT molecular complexity index is 928. The van der Waals surface area contributed by atoms with Crippen LogP contribution in [-0.2, 0) is 0 Å². The van der Waals surface area contributed by atoms with Gasteiger partial charge in [-0.1, -0.05) is 23.2 Å². The molecule has 0 atom stereocenters. The molecule has 0 bridgehead atoms. The number of nitrogens with one attached hydrogen (secondary N) is 1. The van der Waals surface area contributed by atoms with Gasteiger partial charge in [0.15, 0.2) is 11.5 Å². The number of thiazole rings is 1. The Kier molecular flexibility index (Phi) is 5.43. The molecule has 0 saturated heterocycles. The van der Waals surface area contributed by atoms with Crippen LogP contribution in [0.5, 0.6) is 11.5 Å². The first-order valence-electron chi connectivity index (χ1n) is 7.14. The minimum Gasteiger partial charge on any atom is -0.504 e. The first-order chi connectivity index (χ1) is 12.1. The first-order valence-corrected chi connectivity index (χ1v) is 8.77. The maximum Gasteiger partial charge on any atom is 0.203 e. The van der Waals surface area contributed by atoms with E-state index in [-0.39, 0.29) is 5.75 Å². The van der Waals surface area contributed by atoms with Crippen molar-refractivity contribution >= 4 is 45.9 Å². The predicted molar refractivity (Wildman–Crippen MR) is 103 cm³/mol. The molecule has 5 nitrogen and oxygen atoms in total. The molecule has 2 aromatic carbocycles. The van der Waals surface area contributed by atoms with Gasteiger partial charge in [0.25, 0.3) is 0 Å². The van der Waals surface area contributed by atoms with Crippen molar-refractivity contribution in [2.45, 2.75) is 0 Å². The quantitative estimate of drug-likeness (QED) is 0.457. The van der Waals surface area contributed by atoms with Crippen molar-refractivity contribution in [2.75, 3.05) is 12.5 Å². The molecule has 8 heteroatoms.